The number of benzene rings is 1. The van der Waals surface area contributed by atoms with Crippen LogP contribution in [-0.2, 0) is 21.3 Å². The molecule has 34 heavy (non-hydrogen) atoms. The molecule has 1 N–H and O–H groups in total. The van der Waals surface area contributed by atoms with Gasteiger partial charge < -0.3 is 4.74 Å². The molecule has 186 valence electrons. The topological polar surface area (TPSA) is 80.7 Å². The summed E-state index contributed by atoms with van der Waals surface area (Å²) in [5, 5.41) is 0. The minimum atomic E-state index is -4.05. The number of esters is 1. The first-order valence-corrected chi connectivity index (χ1v) is 14.3. The molecule has 0 saturated carbocycles. The first-order chi connectivity index (χ1) is 15.4. The number of hydrogen-bond donors (Lipinski definition) is 1. The largest absolute Gasteiger partial charge is 0.426 e. The third-order valence-electron chi connectivity index (χ3n) is 5.81. The van der Waals surface area contributed by atoms with E-state index in [2.05, 4.69) is 6.92 Å². The van der Waals surface area contributed by atoms with Crippen molar-refractivity contribution in [3.63, 3.8) is 0 Å². The van der Waals surface area contributed by atoms with Gasteiger partial charge in [-0.2, -0.15) is 8.42 Å². The van der Waals surface area contributed by atoms with Crippen LogP contribution >= 0.6 is 0 Å². The predicted octanol–water partition coefficient (Wildman–Crippen LogP) is 6.52. The molecule has 2 radical (unpaired) electrons. The van der Waals surface area contributed by atoms with Crippen molar-refractivity contribution in [1.29, 1.82) is 0 Å². The third-order valence-corrected chi connectivity index (χ3v) is 6.53. The van der Waals surface area contributed by atoms with E-state index in [0.717, 1.165) is 19.3 Å². The maximum atomic E-state index is 12.1. The number of ether oxygens (including phenoxy) is 1. The Hall–Kier alpha value is 0.600. The van der Waals surface area contributed by atoms with Crippen molar-refractivity contribution in [1.82, 2.24) is 0 Å². The summed E-state index contributed by atoms with van der Waals surface area (Å²) in [6, 6.07) is 6.86. The maximum Gasteiger partial charge on any atom is 0.311 e. The van der Waals surface area contributed by atoms with Crippen molar-refractivity contribution in [3.05, 3.63) is 29.8 Å². The van der Waals surface area contributed by atoms with Crippen LogP contribution in [0.3, 0.4) is 0 Å². The van der Waals surface area contributed by atoms with E-state index in [1.165, 1.54) is 77.0 Å². The Kier molecular flexibility index (Phi) is 25.9. The van der Waals surface area contributed by atoms with E-state index in [1.807, 2.05) is 0 Å². The Morgan fingerprint density at radius 1 is 0.765 bits per heavy atom. The second kappa shape index (κ2) is 24.0. The zero-order chi connectivity index (χ0) is 23.5. The number of rotatable bonds is 20. The maximum absolute atomic E-state index is 12.1. The van der Waals surface area contributed by atoms with Crippen molar-refractivity contribution in [2.45, 2.75) is 116 Å². The predicted molar refractivity (Wildman–Crippen MR) is 143 cm³/mol. The summed E-state index contributed by atoms with van der Waals surface area (Å²) < 4.78 is 36.2. The minimum Gasteiger partial charge on any atom is -0.426 e. The fraction of sp³-hybridized carbons (Fsp3) is 0.731. The Balaban J connectivity index is 0. The van der Waals surface area contributed by atoms with E-state index >= 15 is 0 Å². The van der Waals surface area contributed by atoms with Gasteiger partial charge in [-0.25, -0.2) is 0 Å². The standard InChI is InChI=1S/C26H44O5S.2Na/c1-2-3-4-5-6-7-8-9-10-11-12-13-14-15-16-21-26(27)31-25-20-18-17-19-24(25)22-23-32(28,29)30;;/h17-20H,2-16,21-23H2,1H3,(H,28,29,30);;. The van der Waals surface area contributed by atoms with Gasteiger partial charge in [-0.1, -0.05) is 115 Å². The molecule has 1 rings (SSSR count). The molecule has 1 aromatic carbocycles. The van der Waals surface area contributed by atoms with Crippen molar-refractivity contribution >= 4 is 75.2 Å². The Bertz CT molecular complexity index is 726. The molecule has 0 fully saturated rings. The molecule has 0 atom stereocenters. The summed E-state index contributed by atoms with van der Waals surface area (Å²) in [4.78, 5) is 12.1. The monoisotopic (exact) mass is 514 g/mol. The smallest absolute Gasteiger partial charge is 0.311 e. The van der Waals surface area contributed by atoms with Crippen LogP contribution in [0.15, 0.2) is 24.3 Å². The van der Waals surface area contributed by atoms with Gasteiger partial charge in [0.2, 0.25) is 0 Å². The molecule has 0 saturated heterocycles. The van der Waals surface area contributed by atoms with Gasteiger partial charge in [-0.15, -0.1) is 0 Å². The molecule has 1 aromatic rings. The van der Waals surface area contributed by atoms with Gasteiger partial charge in [-0.05, 0) is 24.5 Å². The molecule has 5 nitrogen and oxygen atoms in total. The summed E-state index contributed by atoms with van der Waals surface area (Å²) in [6.07, 6.45) is 19.7. The molecule has 0 bridgehead atoms. The molecule has 0 heterocycles. The number of carbonyl (C=O) groups excluding carboxylic acids is 1. The van der Waals surface area contributed by atoms with Crippen LogP contribution in [0, 0.1) is 0 Å². The van der Waals surface area contributed by atoms with Gasteiger partial charge in [0.05, 0.1) is 5.75 Å². The van der Waals surface area contributed by atoms with Crippen molar-refractivity contribution in [2.75, 3.05) is 5.75 Å². The van der Waals surface area contributed by atoms with Crippen LogP contribution in [0.25, 0.3) is 0 Å². The van der Waals surface area contributed by atoms with Crippen molar-refractivity contribution < 1.29 is 22.5 Å². The summed E-state index contributed by atoms with van der Waals surface area (Å²) in [5.74, 6) is -0.304. The molecule has 0 aliphatic heterocycles. The van der Waals surface area contributed by atoms with Gasteiger partial charge in [0, 0.05) is 65.5 Å². The fourth-order valence-electron chi connectivity index (χ4n) is 3.86. The number of unbranched alkanes of at least 4 members (excludes halogenated alkanes) is 14. The molecule has 8 heteroatoms. The van der Waals surface area contributed by atoms with Gasteiger partial charge in [0.1, 0.15) is 5.75 Å². The van der Waals surface area contributed by atoms with Gasteiger partial charge >= 0.3 is 5.97 Å². The van der Waals surface area contributed by atoms with E-state index in [0.29, 0.717) is 17.7 Å². The van der Waals surface area contributed by atoms with Crippen molar-refractivity contribution in [2.24, 2.45) is 0 Å². The zero-order valence-electron chi connectivity index (χ0n) is 22.0. The average Bonchev–Trinajstić information content (AvgIpc) is 2.75. The minimum absolute atomic E-state index is 0. The third kappa shape index (κ3) is 21.8. The van der Waals surface area contributed by atoms with E-state index in [4.69, 9.17) is 9.29 Å². The summed E-state index contributed by atoms with van der Waals surface area (Å²) >= 11 is 0. The first-order valence-electron chi connectivity index (χ1n) is 12.7. The molecule has 0 unspecified atom stereocenters. The Labute approximate surface area is 252 Å². The number of para-hydroxylation sites is 1. The molecule has 0 spiro atoms. The van der Waals surface area contributed by atoms with Gasteiger partial charge in [0.25, 0.3) is 10.1 Å². The second-order valence-corrected chi connectivity index (χ2v) is 10.4. The van der Waals surface area contributed by atoms with Gasteiger partial charge in [0.15, 0.2) is 0 Å². The molecule has 0 aromatic heterocycles. The molecular formula is C26H44Na2O5S. The Morgan fingerprint density at radius 2 is 1.21 bits per heavy atom. The molecule has 0 amide bonds. The summed E-state index contributed by atoms with van der Waals surface area (Å²) in [6.45, 7) is 2.26. The van der Waals surface area contributed by atoms with E-state index < -0.39 is 10.1 Å². The van der Waals surface area contributed by atoms with Crippen LogP contribution in [0.5, 0.6) is 5.75 Å². The summed E-state index contributed by atoms with van der Waals surface area (Å²) in [5.41, 5.74) is 0.606. The number of hydrogen-bond acceptors (Lipinski definition) is 4. The first kappa shape index (κ1) is 36.8. The SMILES string of the molecule is CCCCCCCCCCCCCCCCCC(=O)Oc1ccccc1CCS(=O)(=O)O.[Na].[Na]. The number of aryl methyl sites for hydroxylation is 1. The number of carbonyl (C=O) groups is 1. The van der Waals surface area contributed by atoms with Crippen molar-refractivity contribution in [3.8, 4) is 5.75 Å². The second-order valence-electron chi connectivity index (χ2n) is 8.82. The molecule has 0 aliphatic rings. The fourth-order valence-corrected chi connectivity index (χ4v) is 4.34. The zero-order valence-corrected chi connectivity index (χ0v) is 26.8. The van der Waals surface area contributed by atoms with Crippen LogP contribution in [0.4, 0.5) is 0 Å². The van der Waals surface area contributed by atoms with E-state index in [9.17, 15) is 13.2 Å². The normalized spacial score (nSPS) is 10.9. The van der Waals surface area contributed by atoms with E-state index in [1.54, 1.807) is 24.3 Å². The van der Waals surface area contributed by atoms with Crippen LogP contribution in [0.2, 0.25) is 0 Å². The summed E-state index contributed by atoms with van der Waals surface area (Å²) in [7, 11) is -4.05. The molecular weight excluding hydrogens is 470 g/mol. The molecule has 0 aliphatic carbocycles. The van der Waals surface area contributed by atoms with Crippen LogP contribution in [0.1, 0.15) is 115 Å². The van der Waals surface area contributed by atoms with Crippen LogP contribution in [-0.4, -0.2) is 83.8 Å². The Morgan fingerprint density at radius 3 is 1.68 bits per heavy atom. The van der Waals surface area contributed by atoms with E-state index in [-0.39, 0.29) is 77.3 Å². The van der Waals surface area contributed by atoms with Crippen LogP contribution < -0.4 is 4.74 Å². The van der Waals surface area contributed by atoms with Gasteiger partial charge in [-0.3, -0.25) is 9.35 Å². The average molecular weight is 515 g/mol. The quantitative estimate of drug-likeness (QED) is 0.0704.